The van der Waals surface area contributed by atoms with Gasteiger partial charge in [0.05, 0.1) is 49.5 Å². The van der Waals surface area contributed by atoms with Gasteiger partial charge in [-0.15, -0.1) is 11.3 Å². The number of amides is 4. The number of carbonyl (C=O) groups excluding carboxylic acids is 4. The van der Waals surface area contributed by atoms with Crippen LogP contribution in [0.25, 0.3) is 22.3 Å². The number of nitrogens with one attached hydrogen (secondary N) is 5. The molecule has 656 valence electrons. The van der Waals surface area contributed by atoms with E-state index in [9.17, 15) is 121 Å². The first-order chi connectivity index (χ1) is 59.1. The van der Waals surface area contributed by atoms with E-state index in [0.717, 1.165) is 33.3 Å². The van der Waals surface area contributed by atoms with Crippen LogP contribution in [-0.4, -0.2) is 300 Å². The summed E-state index contributed by atoms with van der Waals surface area (Å²) in [6.07, 6.45) is -22.2. The quantitative estimate of drug-likeness (QED) is 0.0315. The van der Waals surface area contributed by atoms with Gasteiger partial charge in [0.1, 0.15) is 166 Å². The van der Waals surface area contributed by atoms with E-state index in [1.165, 1.54) is 84.1 Å². The number of carbonyl (C=O) groups is 4. The van der Waals surface area contributed by atoms with Gasteiger partial charge in [0.2, 0.25) is 25.2 Å². The lowest BCUT2D eigenvalue weighted by atomic mass is 9.99. The van der Waals surface area contributed by atoms with Crippen LogP contribution in [0.4, 0.5) is 5.13 Å². The Morgan fingerprint density at radius 3 is 1.15 bits per heavy atom. The number of ether oxygens (including phenoxy) is 8. The highest BCUT2D eigenvalue weighted by Gasteiger charge is 2.49. The van der Waals surface area contributed by atoms with Gasteiger partial charge in [-0.1, -0.05) is 66.7 Å². The number of H-pyrrole nitrogens is 1. The number of imidazole rings is 1. The van der Waals surface area contributed by atoms with E-state index in [1.807, 2.05) is 36.4 Å². The summed E-state index contributed by atoms with van der Waals surface area (Å²) in [4.78, 5) is 70.4. The molecular formula is C81H89N9O32S. The smallest absolute Gasteiger partial charge is 0.265 e. The number of hydrogen-bond donors (Lipinski definition) is 25. The lowest BCUT2D eigenvalue weighted by Crippen LogP contribution is -2.60. The molecule has 4 aliphatic rings. The Labute approximate surface area is 700 Å². The second kappa shape index (κ2) is 42.8. The van der Waals surface area contributed by atoms with Crippen molar-refractivity contribution in [2.75, 3.05) is 31.7 Å². The van der Waals surface area contributed by atoms with E-state index in [4.69, 9.17) is 37.9 Å². The summed E-state index contributed by atoms with van der Waals surface area (Å²) < 4.78 is 43.4. The molecule has 0 bridgehead atoms. The molecule has 6 aromatic carbocycles. The van der Waals surface area contributed by atoms with Crippen molar-refractivity contribution in [3.63, 3.8) is 0 Å². The maximum Gasteiger partial charge on any atom is 0.265 e. The lowest BCUT2D eigenvalue weighted by molar-refractivity contribution is -0.277. The zero-order chi connectivity index (χ0) is 88.3. The molecule has 4 aromatic heterocycles. The van der Waals surface area contributed by atoms with Crippen molar-refractivity contribution in [1.82, 2.24) is 40.9 Å². The number of anilines is 1. The fraction of sp³-hybridized carbons (Fsp3) is 0.333. The van der Waals surface area contributed by atoms with Crippen molar-refractivity contribution >= 4 is 51.1 Å². The van der Waals surface area contributed by atoms with Crippen molar-refractivity contribution in [2.45, 2.75) is 142 Å². The highest BCUT2D eigenvalue weighted by molar-refractivity contribution is 7.14. The van der Waals surface area contributed by atoms with Crippen LogP contribution >= 0.6 is 11.3 Å². The Hall–Kier alpha value is -11.8. The van der Waals surface area contributed by atoms with Crippen LogP contribution in [0.3, 0.4) is 0 Å². The first-order valence-electron chi connectivity index (χ1n) is 37.6. The number of aromatic amines is 1. The van der Waals surface area contributed by atoms with Crippen molar-refractivity contribution in [2.24, 2.45) is 0 Å². The van der Waals surface area contributed by atoms with Crippen molar-refractivity contribution in [3.8, 4) is 57.3 Å². The maximum atomic E-state index is 12.9. The molecule has 0 saturated carbocycles. The number of aromatic hydroxyl groups is 4. The molecule has 20 atom stereocenters. The van der Waals surface area contributed by atoms with Gasteiger partial charge in [0.15, 0.2) is 5.13 Å². The fourth-order valence-electron chi connectivity index (χ4n) is 12.7. The molecular weight excluding hydrogens is 1640 g/mol. The summed E-state index contributed by atoms with van der Waals surface area (Å²) in [5.74, 6) is -4.62. The van der Waals surface area contributed by atoms with E-state index < -0.39 is 179 Å². The molecule has 42 heteroatoms. The number of aromatic nitrogens is 5. The minimum absolute atomic E-state index is 0.110. The Bertz CT molecular complexity index is 4980. The van der Waals surface area contributed by atoms with E-state index >= 15 is 0 Å². The standard InChI is InChI=1S/C22H22N2O8S.C21H23N3O8.2C19H22N2O8/c25-9-15-17(27)18(28)19(29)21(32-15)31-14-8-4-7-13(26)16(14)20(30)24-22-23-12(10-33-22)11-5-2-1-3-6-11;25-8-15-17(27)18(28)19(29)21(32-15)31-14-3-1-2-13(26)16(14)20(30)22-7-10-4-5-11-12(6-10)24-9-23-11;22-9-13-15(24)16(25)17(26)19(29-13)28-12-5-1-4-11(23)14(12)18(27)21-8-10-3-2-6-20-7-10;22-9-13-15(24)16(25)17(26)19(29-13)28-12-3-1-2-11(23)14(12)18(27)21-8-10-4-6-20-7-5-10/h1-8,10,15,17-19,21,25-29H,9H2,(H,23,24,30);1-6,9,15,17-19,21,25-29H,7-8H2,(H,22,30)(H,23,24);2*1-7,13,15-17,19,22-26H,8-9H2,(H,21,27)/t2*15-,17-,18+,19-,21-;2*13-,15-,16+,17-,19-/m1111/s1. The van der Waals surface area contributed by atoms with Crippen LogP contribution in [0.1, 0.15) is 58.1 Å². The van der Waals surface area contributed by atoms with Crippen LogP contribution in [0.2, 0.25) is 0 Å². The molecule has 25 N–H and O–H groups in total. The molecule has 4 aliphatic heterocycles. The normalized spacial score (nSPS) is 25.9. The minimum Gasteiger partial charge on any atom is -0.507 e. The van der Waals surface area contributed by atoms with Gasteiger partial charge >= 0.3 is 0 Å². The number of phenols is 4. The minimum atomic E-state index is -1.67. The maximum absolute atomic E-state index is 12.9. The van der Waals surface area contributed by atoms with Gasteiger partial charge in [-0.3, -0.25) is 34.5 Å². The summed E-state index contributed by atoms with van der Waals surface area (Å²) >= 11 is 1.20. The van der Waals surface area contributed by atoms with Gasteiger partial charge in [-0.2, -0.15) is 0 Å². The number of aliphatic hydroxyl groups is 16. The highest BCUT2D eigenvalue weighted by Crippen LogP contribution is 2.38. The molecule has 0 unspecified atom stereocenters. The largest absolute Gasteiger partial charge is 0.507 e. The summed E-state index contributed by atoms with van der Waals surface area (Å²) in [5, 5.41) is 211. The van der Waals surface area contributed by atoms with Crippen molar-refractivity contribution in [1.29, 1.82) is 0 Å². The van der Waals surface area contributed by atoms with E-state index in [1.54, 1.807) is 72.9 Å². The van der Waals surface area contributed by atoms with E-state index in [0.29, 0.717) is 10.8 Å². The monoisotopic (exact) mass is 1730 g/mol. The molecule has 0 aliphatic carbocycles. The number of nitrogens with zero attached hydrogens (tertiary/aromatic N) is 4. The van der Waals surface area contributed by atoms with Crippen LogP contribution in [0, 0.1) is 0 Å². The van der Waals surface area contributed by atoms with Crippen LogP contribution in [0.15, 0.2) is 182 Å². The molecule has 0 spiro atoms. The van der Waals surface area contributed by atoms with Crippen LogP contribution in [0.5, 0.6) is 46.0 Å². The number of benzene rings is 6. The molecule has 14 rings (SSSR count). The number of rotatable bonds is 24. The Kier molecular flexibility index (Phi) is 32.0. The first-order valence-corrected chi connectivity index (χ1v) is 38.5. The molecule has 4 saturated heterocycles. The number of phenolic OH excluding ortho intramolecular Hbond substituents is 4. The number of hydrogen-bond acceptors (Lipinski definition) is 37. The van der Waals surface area contributed by atoms with Gasteiger partial charge < -0.3 is 161 Å². The zero-order valence-electron chi connectivity index (χ0n) is 64.4. The SMILES string of the molecule is O=C(NCc1ccc2nc[nH]c2c1)c1c(O)cccc1O[C@@H]1O[C@H](CO)[C@@H](O)[C@H](O)[C@H]1O.O=C(NCc1cccnc1)c1c(O)cccc1O[C@@H]1O[C@H](CO)[C@@H](O)[C@H](O)[C@H]1O.O=C(NCc1ccncc1)c1c(O)cccc1O[C@@H]1O[C@H](CO)[C@@H](O)[C@H](O)[C@H]1O.O=C(Nc1nc(-c2ccccc2)cs1)c1c(O)cccc1O[C@@H]1O[C@H](CO)[C@@H](O)[C@H](O)[C@H]1O. The third-order valence-electron chi connectivity index (χ3n) is 19.4. The number of fused-ring (bicyclic) bond motifs is 1. The summed E-state index contributed by atoms with van der Waals surface area (Å²) in [6, 6.07) is 38.1. The molecule has 41 nitrogen and oxygen atoms in total. The number of aliphatic hydroxyl groups excluding tert-OH is 16. The highest BCUT2D eigenvalue weighted by atomic mass is 32.1. The Morgan fingerprint density at radius 2 is 0.772 bits per heavy atom. The lowest BCUT2D eigenvalue weighted by Gasteiger charge is -2.39. The zero-order valence-corrected chi connectivity index (χ0v) is 65.2. The van der Waals surface area contributed by atoms with E-state index in [-0.39, 0.29) is 82.1 Å². The van der Waals surface area contributed by atoms with Gasteiger partial charge in [0.25, 0.3) is 23.6 Å². The molecule has 10 aromatic rings. The van der Waals surface area contributed by atoms with Gasteiger partial charge in [0, 0.05) is 55.4 Å². The average molecular weight is 1730 g/mol. The predicted molar refractivity (Wildman–Crippen MR) is 424 cm³/mol. The van der Waals surface area contributed by atoms with Crippen LogP contribution in [-0.2, 0) is 38.6 Å². The van der Waals surface area contributed by atoms with Crippen LogP contribution < -0.4 is 40.2 Å². The summed E-state index contributed by atoms with van der Waals surface area (Å²) in [6.45, 7) is -2.02. The summed E-state index contributed by atoms with van der Waals surface area (Å²) in [5.41, 5.74) is 4.64. The Morgan fingerprint density at radius 1 is 0.390 bits per heavy atom. The third-order valence-corrected chi connectivity index (χ3v) is 20.2. The summed E-state index contributed by atoms with van der Waals surface area (Å²) in [7, 11) is 0. The fourth-order valence-corrected chi connectivity index (χ4v) is 13.4. The molecule has 8 heterocycles. The average Bonchev–Trinajstić information content (AvgIpc) is 1.68. The van der Waals surface area contributed by atoms with Crippen molar-refractivity contribution < 1.29 is 159 Å². The number of pyridine rings is 2. The predicted octanol–water partition coefficient (Wildman–Crippen LogP) is -1.88. The van der Waals surface area contributed by atoms with Gasteiger partial charge in [-0.25, -0.2) is 9.97 Å². The molecule has 4 amide bonds. The van der Waals surface area contributed by atoms with Crippen molar-refractivity contribution in [3.05, 3.63) is 221 Å². The second-order valence-electron chi connectivity index (χ2n) is 27.7. The number of thiazole rings is 1. The first kappa shape index (κ1) is 91.9. The molecule has 0 radical (unpaired) electrons. The van der Waals surface area contributed by atoms with E-state index in [2.05, 4.69) is 46.2 Å². The van der Waals surface area contributed by atoms with Gasteiger partial charge in [-0.05, 0) is 95.6 Å². The third kappa shape index (κ3) is 22.5. The molecule has 4 fully saturated rings. The Balaban J connectivity index is 0.000000160. The second-order valence-corrected chi connectivity index (χ2v) is 28.6. The topological polar surface area (TPSA) is 662 Å². The molecule has 123 heavy (non-hydrogen) atoms.